The lowest BCUT2D eigenvalue weighted by Crippen LogP contribution is -2.41. The summed E-state index contributed by atoms with van der Waals surface area (Å²) >= 11 is 0. The van der Waals surface area contributed by atoms with Gasteiger partial charge in [0.1, 0.15) is 25.0 Å². The van der Waals surface area contributed by atoms with Gasteiger partial charge in [0.25, 0.3) is 0 Å². The quantitative estimate of drug-likeness (QED) is 0.534. The Balaban J connectivity index is 2.58. The van der Waals surface area contributed by atoms with E-state index in [1.807, 2.05) is 0 Å². The molecule has 9 heteroatoms. The van der Waals surface area contributed by atoms with E-state index in [0.717, 1.165) is 17.1 Å². The molecule has 0 aliphatic carbocycles. The van der Waals surface area contributed by atoms with Gasteiger partial charge in [0.2, 0.25) is 5.91 Å². The summed E-state index contributed by atoms with van der Waals surface area (Å²) in [7, 11) is 0. The smallest absolute Gasteiger partial charge is 0.326 e. The van der Waals surface area contributed by atoms with Crippen LogP contribution in [0.4, 0.5) is 5.69 Å². The molecule has 9 nitrogen and oxygen atoms in total. The number of hydrogen-bond acceptors (Lipinski definition) is 5. The van der Waals surface area contributed by atoms with Gasteiger partial charge in [0.15, 0.2) is 0 Å². The maximum Gasteiger partial charge on any atom is 0.326 e. The summed E-state index contributed by atoms with van der Waals surface area (Å²) in [5.74, 6) is -1.69. The molecule has 1 rings (SSSR count). The number of nitrogens with zero attached hydrogens (tertiary/aromatic N) is 3. The van der Waals surface area contributed by atoms with Crippen molar-refractivity contribution in [2.75, 3.05) is 0 Å². The van der Waals surface area contributed by atoms with Gasteiger partial charge in [0.05, 0.1) is 4.92 Å². The van der Waals surface area contributed by atoms with E-state index in [4.69, 9.17) is 5.11 Å². The van der Waals surface area contributed by atoms with Crippen LogP contribution in [-0.4, -0.2) is 37.7 Å². The molecule has 0 aliphatic rings. The second-order valence-electron chi connectivity index (χ2n) is 3.52. The van der Waals surface area contributed by atoms with Gasteiger partial charge >= 0.3 is 11.7 Å². The van der Waals surface area contributed by atoms with Gasteiger partial charge in [-0.2, -0.15) is 5.10 Å². The Labute approximate surface area is 102 Å². The Morgan fingerprint density at radius 1 is 1.67 bits per heavy atom. The number of carboxylic acids is 1. The van der Waals surface area contributed by atoms with Crippen LogP contribution in [0.5, 0.6) is 0 Å². The Hall–Kier alpha value is -2.45. The molecule has 1 amide bonds. The van der Waals surface area contributed by atoms with Gasteiger partial charge < -0.3 is 10.4 Å². The fourth-order valence-electron chi connectivity index (χ4n) is 1.26. The number of amides is 1. The van der Waals surface area contributed by atoms with E-state index in [1.165, 1.54) is 0 Å². The number of nitrogens with one attached hydrogen (secondary N) is 1. The van der Waals surface area contributed by atoms with Gasteiger partial charge in [-0.15, -0.1) is 0 Å². The highest BCUT2D eigenvalue weighted by molar-refractivity contribution is 5.83. The van der Waals surface area contributed by atoms with Crippen molar-refractivity contribution in [1.82, 2.24) is 15.1 Å². The number of carbonyl (C=O) groups excluding carboxylic acids is 1. The molecule has 1 heterocycles. The van der Waals surface area contributed by atoms with Crippen molar-refractivity contribution in [3.63, 3.8) is 0 Å². The highest BCUT2D eigenvalue weighted by Gasteiger charge is 2.18. The summed E-state index contributed by atoms with van der Waals surface area (Å²) in [4.78, 5) is 31.9. The molecule has 0 bridgehead atoms. The molecule has 0 aromatic carbocycles. The summed E-state index contributed by atoms with van der Waals surface area (Å²) in [5, 5.41) is 25.0. The standard InChI is InChI=1S/C9H12N4O5/c1-2-7(9(15)16)11-8(14)5-12-4-6(3-10-12)13(17)18/h3-4,7H,2,5H2,1H3,(H,11,14)(H,15,16)/t7-/m1/s1. The number of hydrogen-bond donors (Lipinski definition) is 2. The zero-order valence-corrected chi connectivity index (χ0v) is 9.57. The van der Waals surface area contributed by atoms with E-state index in [2.05, 4.69) is 10.4 Å². The van der Waals surface area contributed by atoms with Gasteiger partial charge in [-0.3, -0.25) is 19.6 Å². The van der Waals surface area contributed by atoms with E-state index >= 15 is 0 Å². The van der Waals surface area contributed by atoms with Crippen molar-refractivity contribution in [3.05, 3.63) is 22.5 Å². The van der Waals surface area contributed by atoms with Crippen LogP contribution in [-0.2, 0) is 16.1 Å². The molecule has 0 spiro atoms. The lowest BCUT2D eigenvalue weighted by atomic mass is 10.2. The van der Waals surface area contributed by atoms with Crippen LogP contribution in [0.3, 0.4) is 0 Å². The summed E-state index contributed by atoms with van der Waals surface area (Å²) in [5.41, 5.74) is -0.229. The van der Waals surface area contributed by atoms with E-state index in [9.17, 15) is 19.7 Å². The fourth-order valence-corrected chi connectivity index (χ4v) is 1.26. The molecule has 0 unspecified atom stereocenters. The van der Waals surface area contributed by atoms with Crippen molar-refractivity contribution in [3.8, 4) is 0 Å². The molecule has 1 aromatic heterocycles. The number of nitro groups is 1. The zero-order valence-electron chi connectivity index (χ0n) is 9.57. The lowest BCUT2D eigenvalue weighted by Gasteiger charge is -2.11. The highest BCUT2D eigenvalue weighted by atomic mass is 16.6. The second-order valence-corrected chi connectivity index (χ2v) is 3.52. The van der Waals surface area contributed by atoms with E-state index < -0.39 is 22.8 Å². The van der Waals surface area contributed by atoms with Crippen LogP contribution >= 0.6 is 0 Å². The number of rotatable bonds is 6. The van der Waals surface area contributed by atoms with Crippen LogP contribution in [0.15, 0.2) is 12.4 Å². The van der Waals surface area contributed by atoms with Gasteiger partial charge in [0, 0.05) is 0 Å². The average molecular weight is 256 g/mol. The first-order valence-electron chi connectivity index (χ1n) is 5.13. The summed E-state index contributed by atoms with van der Waals surface area (Å²) in [6, 6.07) is -0.969. The maximum atomic E-state index is 11.5. The summed E-state index contributed by atoms with van der Waals surface area (Å²) < 4.78 is 1.07. The maximum absolute atomic E-state index is 11.5. The Morgan fingerprint density at radius 3 is 2.78 bits per heavy atom. The van der Waals surface area contributed by atoms with Gasteiger partial charge in [-0.25, -0.2) is 4.79 Å². The van der Waals surface area contributed by atoms with E-state index in [0.29, 0.717) is 0 Å². The molecular weight excluding hydrogens is 244 g/mol. The highest BCUT2D eigenvalue weighted by Crippen LogP contribution is 2.07. The van der Waals surface area contributed by atoms with E-state index in [1.54, 1.807) is 6.92 Å². The van der Waals surface area contributed by atoms with Crippen molar-refractivity contribution in [2.24, 2.45) is 0 Å². The third-order valence-corrected chi connectivity index (χ3v) is 2.18. The second kappa shape index (κ2) is 5.75. The van der Waals surface area contributed by atoms with E-state index in [-0.39, 0.29) is 18.7 Å². The monoisotopic (exact) mass is 256 g/mol. The minimum Gasteiger partial charge on any atom is -0.480 e. The topological polar surface area (TPSA) is 127 Å². The molecule has 2 N–H and O–H groups in total. The minimum atomic E-state index is -1.13. The lowest BCUT2D eigenvalue weighted by molar-refractivity contribution is -0.385. The van der Waals surface area contributed by atoms with Crippen LogP contribution in [0.25, 0.3) is 0 Å². The number of carboxylic acid groups (broad SMARTS) is 1. The Morgan fingerprint density at radius 2 is 2.33 bits per heavy atom. The van der Waals surface area contributed by atoms with Crippen LogP contribution < -0.4 is 5.32 Å². The number of aromatic nitrogens is 2. The molecule has 0 saturated carbocycles. The normalized spacial score (nSPS) is 11.8. The Kier molecular flexibility index (Phi) is 4.35. The molecule has 0 fully saturated rings. The van der Waals surface area contributed by atoms with Crippen molar-refractivity contribution in [2.45, 2.75) is 25.9 Å². The summed E-state index contributed by atoms with van der Waals surface area (Å²) in [6.07, 6.45) is 2.36. The van der Waals surface area contributed by atoms with Crippen molar-refractivity contribution < 1.29 is 19.6 Å². The van der Waals surface area contributed by atoms with Crippen molar-refractivity contribution >= 4 is 17.6 Å². The first-order valence-corrected chi connectivity index (χ1v) is 5.13. The first-order chi connectivity index (χ1) is 8.43. The van der Waals surface area contributed by atoms with Gasteiger partial charge in [-0.05, 0) is 6.42 Å². The minimum absolute atomic E-state index is 0.229. The average Bonchev–Trinajstić information content (AvgIpc) is 2.74. The largest absolute Gasteiger partial charge is 0.480 e. The fraction of sp³-hybridized carbons (Fsp3) is 0.444. The predicted octanol–water partition coefficient (Wildman–Crippen LogP) is -0.229. The number of aliphatic carboxylic acids is 1. The van der Waals surface area contributed by atoms with Crippen LogP contribution in [0.2, 0.25) is 0 Å². The molecule has 0 radical (unpaired) electrons. The molecule has 1 atom stereocenters. The molecular formula is C9H12N4O5. The van der Waals surface area contributed by atoms with Crippen LogP contribution in [0.1, 0.15) is 13.3 Å². The molecule has 18 heavy (non-hydrogen) atoms. The Bertz CT molecular complexity index is 469. The molecule has 98 valence electrons. The molecule has 0 aliphatic heterocycles. The van der Waals surface area contributed by atoms with Crippen LogP contribution in [0, 0.1) is 10.1 Å². The molecule has 0 saturated heterocycles. The third kappa shape index (κ3) is 3.54. The predicted molar refractivity (Wildman–Crippen MR) is 58.7 cm³/mol. The summed E-state index contributed by atoms with van der Waals surface area (Å²) in [6.45, 7) is 1.36. The van der Waals surface area contributed by atoms with Crippen molar-refractivity contribution in [1.29, 1.82) is 0 Å². The van der Waals surface area contributed by atoms with Gasteiger partial charge in [-0.1, -0.05) is 6.92 Å². The molecule has 1 aromatic rings. The first kappa shape index (κ1) is 13.6. The zero-order chi connectivity index (χ0) is 13.7. The number of carbonyl (C=O) groups is 2. The SMILES string of the molecule is CC[C@@H](NC(=O)Cn1cc([N+](=O)[O-])cn1)C(=O)O. The third-order valence-electron chi connectivity index (χ3n) is 2.18.